The summed E-state index contributed by atoms with van der Waals surface area (Å²) in [6.07, 6.45) is 1.91. The summed E-state index contributed by atoms with van der Waals surface area (Å²) in [6.45, 7) is 6.86. The molecule has 3 rings (SSSR count). The molecule has 0 radical (unpaired) electrons. The Morgan fingerprint density at radius 1 is 1.21 bits per heavy atom. The number of amides is 2. The van der Waals surface area contributed by atoms with Gasteiger partial charge in [-0.25, -0.2) is 4.79 Å². The quantitative estimate of drug-likeness (QED) is 0.886. The summed E-state index contributed by atoms with van der Waals surface area (Å²) in [7, 11) is 0. The number of aliphatic hydroxyl groups is 1. The molecule has 2 N–H and O–H groups in total. The second-order valence-electron chi connectivity index (χ2n) is 7.33. The lowest BCUT2D eigenvalue weighted by Gasteiger charge is -2.38. The van der Waals surface area contributed by atoms with Gasteiger partial charge in [0.1, 0.15) is 0 Å². The zero-order chi connectivity index (χ0) is 16.9. The molecule has 3 unspecified atom stereocenters. The van der Waals surface area contributed by atoms with Crippen LogP contribution in [0.1, 0.15) is 25.3 Å². The first-order chi connectivity index (χ1) is 11.7. The monoisotopic (exact) mass is 331 g/mol. The average molecular weight is 331 g/mol. The Morgan fingerprint density at radius 3 is 2.67 bits per heavy atom. The maximum Gasteiger partial charge on any atom is 0.317 e. The predicted molar refractivity (Wildman–Crippen MR) is 94.6 cm³/mol. The van der Waals surface area contributed by atoms with E-state index in [1.165, 1.54) is 5.56 Å². The van der Waals surface area contributed by atoms with Gasteiger partial charge in [-0.2, -0.15) is 0 Å². The number of carbonyl (C=O) groups excluding carboxylic acids is 1. The maximum absolute atomic E-state index is 12.4. The lowest BCUT2D eigenvalue weighted by atomic mass is 9.93. The normalized spacial score (nSPS) is 28.1. The van der Waals surface area contributed by atoms with Crippen LogP contribution in [0.15, 0.2) is 30.3 Å². The highest BCUT2D eigenvalue weighted by Crippen LogP contribution is 2.20. The molecule has 5 heteroatoms. The number of piperidine rings is 1. The summed E-state index contributed by atoms with van der Waals surface area (Å²) in [5.74, 6) is 0.698. The molecule has 5 nitrogen and oxygen atoms in total. The summed E-state index contributed by atoms with van der Waals surface area (Å²) in [6, 6.07) is 10.8. The molecule has 0 bridgehead atoms. The molecule has 2 saturated heterocycles. The summed E-state index contributed by atoms with van der Waals surface area (Å²) in [5.41, 5.74) is 1.35. The third kappa shape index (κ3) is 4.28. The number of nitrogens with one attached hydrogen (secondary N) is 1. The van der Waals surface area contributed by atoms with Crippen molar-refractivity contribution in [2.45, 2.75) is 32.4 Å². The van der Waals surface area contributed by atoms with Gasteiger partial charge in [0.05, 0.1) is 0 Å². The lowest BCUT2D eigenvalue weighted by Crippen LogP contribution is -2.52. The van der Waals surface area contributed by atoms with Crippen LogP contribution in [-0.2, 0) is 6.54 Å². The minimum Gasteiger partial charge on any atom is -0.396 e. The number of aliphatic hydroxyl groups excluding tert-OH is 1. The molecule has 2 heterocycles. The maximum atomic E-state index is 12.4. The topological polar surface area (TPSA) is 55.8 Å². The first-order valence-corrected chi connectivity index (χ1v) is 9.08. The van der Waals surface area contributed by atoms with E-state index >= 15 is 0 Å². The standard InChI is InChI=1S/C19H29N3O2/c1-15-11-21(12-16-5-3-2-4-6-16)9-8-18(15)20-19(24)22-10-7-17(13-22)14-23/h2-6,15,17-18,23H,7-14H2,1H3,(H,20,24). The Hall–Kier alpha value is -1.59. The van der Waals surface area contributed by atoms with Gasteiger partial charge in [-0.05, 0) is 24.3 Å². The van der Waals surface area contributed by atoms with Crippen LogP contribution in [0.5, 0.6) is 0 Å². The van der Waals surface area contributed by atoms with Gasteiger partial charge in [0, 0.05) is 51.3 Å². The van der Waals surface area contributed by atoms with E-state index in [0.29, 0.717) is 12.5 Å². The number of nitrogens with zero attached hydrogens (tertiary/aromatic N) is 2. The molecule has 132 valence electrons. The van der Waals surface area contributed by atoms with Crippen LogP contribution in [0.3, 0.4) is 0 Å². The highest BCUT2D eigenvalue weighted by atomic mass is 16.3. The fourth-order valence-electron chi connectivity index (χ4n) is 3.85. The molecular formula is C19H29N3O2. The SMILES string of the molecule is CC1CN(Cc2ccccc2)CCC1NC(=O)N1CCC(CO)C1. The van der Waals surface area contributed by atoms with Crippen molar-refractivity contribution in [2.75, 3.05) is 32.8 Å². The van der Waals surface area contributed by atoms with E-state index in [1.807, 2.05) is 11.0 Å². The highest BCUT2D eigenvalue weighted by Gasteiger charge is 2.31. The van der Waals surface area contributed by atoms with E-state index in [2.05, 4.69) is 41.4 Å². The largest absolute Gasteiger partial charge is 0.396 e. The smallest absolute Gasteiger partial charge is 0.317 e. The Labute approximate surface area is 144 Å². The van der Waals surface area contributed by atoms with Gasteiger partial charge in [-0.3, -0.25) is 4.90 Å². The molecule has 0 aromatic heterocycles. The van der Waals surface area contributed by atoms with Crippen LogP contribution < -0.4 is 5.32 Å². The highest BCUT2D eigenvalue weighted by molar-refractivity contribution is 5.74. The molecule has 24 heavy (non-hydrogen) atoms. The van der Waals surface area contributed by atoms with Crippen LogP contribution in [0.25, 0.3) is 0 Å². The fraction of sp³-hybridized carbons (Fsp3) is 0.632. The zero-order valence-electron chi connectivity index (χ0n) is 14.5. The number of hydrogen-bond donors (Lipinski definition) is 2. The second kappa shape index (κ2) is 7.99. The Kier molecular flexibility index (Phi) is 5.74. The molecule has 0 spiro atoms. The fourth-order valence-corrected chi connectivity index (χ4v) is 3.85. The molecule has 3 atom stereocenters. The average Bonchev–Trinajstić information content (AvgIpc) is 3.07. The third-order valence-corrected chi connectivity index (χ3v) is 5.38. The van der Waals surface area contributed by atoms with Crippen molar-refractivity contribution in [1.29, 1.82) is 0 Å². The van der Waals surface area contributed by atoms with Gasteiger partial charge in [0.2, 0.25) is 0 Å². The van der Waals surface area contributed by atoms with E-state index in [1.54, 1.807) is 0 Å². The molecule has 0 saturated carbocycles. The summed E-state index contributed by atoms with van der Waals surface area (Å²) >= 11 is 0. The summed E-state index contributed by atoms with van der Waals surface area (Å²) in [5, 5.41) is 12.4. The van der Waals surface area contributed by atoms with E-state index < -0.39 is 0 Å². The number of carbonyl (C=O) groups is 1. The van der Waals surface area contributed by atoms with Crippen LogP contribution in [0.4, 0.5) is 4.79 Å². The summed E-state index contributed by atoms with van der Waals surface area (Å²) < 4.78 is 0. The van der Waals surface area contributed by atoms with Gasteiger partial charge in [-0.15, -0.1) is 0 Å². The Bertz CT molecular complexity index is 537. The van der Waals surface area contributed by atoms with Crippen molar-refractivity contribution in [3.63, 3.8) is 0 Å². The zero-order valence-corrected chi connectivity index (χ0v) is 14.5. The minimum absolute atomic E-state index is 0.0410. The van der Waals surface area contributed by atoms with Crippen molar-refractivity contribution in [1.82, 2.24) is 15.1 Å². The molecule has 0 aliphatic carbocycles. The summed E-state index contributed by atoms with van der Waals surface area (Å²) in [4.78, 5) is 16.7. The van der Waals surface area contributed by atoms with Gasteiger partial charge in [0.25, 0.3) is 0 Å². The van der Waals surface area contributed by atoms with Crippen LogP contribution in [0, 0.1) is 11.8 Å². The van der Waals surface area contributed by atoms with Crippen molar-refractivity contribution in [3.8, 4) is 0 Å². The van der Waals surface area contributed by atoms with Crippen molar-refractivity contribution >= 4 is 6.03 Å². The van der Waals surface area contributed by atoms with Gasteiger partial charge in [-0.1, -0.05) is 37.3 Å². The molecule has 1 aromatic carbocycles. The van der Waals surface area contributed by atoms with E-state index in [-0.39, 0.29) is 24.6 Å². The number of hydrogen-bond acceptors (Lipinski definition) is 3. The van der Waals surface area contributed by atoms with Crippen molar-refractivity contribution < 1.29 is 9.90 Å². The predicted octanol–water partition coefficient (Wildman–Crippen LogP) is 1.92. The Balaban J connectivity index is 1.46. The molecular weight excluding hydrogens is 302 g/mol. The van der Waals surface area contributed by atoms with Gasteiger partial charge >= 0.3 is 6.03 Å². The lowest BCUT2D eigenvalue weighted by molar-refractivity contribution is 0.135. The van der Waals surface area contributed by atoms with E-state index in [9.17, 15) is 9.90 Å². The van der Waals surface area contributed by atoms with E-state index in [4.69, 9.17) is 0 Å². The van der Waals surface area contributed by atoms with Crippen molar-refractivity contribution in [2.24, 2.45) is 11.8 Å². The molecule has 2 amide bonds. The van der Waals surface area contributed by atoms with E-state index in [0.717, 1.165) is 39.0 Å². The molecule has 2 aliphatic heterocycles. The first-order valence-electron chi connectivity index (χ1n) is 9.08. The van der Waals surface area contributed by atoms with Crippen LogP contribution >= 0.6 is 0 Å². The molecule has 2 aliphatic rings. The number of benzene rings is 1. The van der Waals surface area contributed by atoms with Gasteiger partial charge in [0.15, 0.2) is 0 Å². The van der Waals surface area contributed by atoms with Gasteiger partial charge < -0.3 is 15.3 Å². The number of urea groups is 1. The first kappa shape index (κ1) is 17.2. The third-order valence-electron chi connectivity index (χ3n) is 5.38. The number of rotatable bonds is 4. The second-order valence-corrected chi connectivity index (χ2v) is 7.33. The van der Waals surface area contributed by atoms with Crippen LogP contribution in [-0.4, -0.2) is 59.8 Å². The van der Waals surface area contributed by atoms with Crippen molar-refractivity contribution in [3.05, 3.63) is 35.9 Å². The number of likely N-dealkylation sites (tertiary alicyclic amines) is 2. The van der Waals surface area contributed by atoms with Crippen LogP contribution in [0.2, 0.25) is 0 Å². The molecule has 1 aromatic rings. The minimum atomic E-state index is 0.0410. The molecule has 2 fully saturated rings. The Morgan fingerprint density at radius 2 is 2.00 bits per heavy atom.